The van der Waals surface area contributed by atoms with E-state index < -0.39 is 0 Å². The van der Waals surface area contributed by atoms with Crippen LogP contribution in [-0.2, 0) is 0 Å². The molecule has 78 valence electrons. The van der Waals surface area contributed by atoms with Crippen molar-refractivity contribution in [2.75, 3.05) is 0 Å². The van der Waals surface area contributed by atoms with Crippen LogP contribution in [0.15, 0.2) is 12.1 Å². The Morgan fingerprint density at radius 3 is 2.21 bits per heavy atom. The Hall–Kier alpha value is -0.530. The topological polar surface area (TPSA) is 26.0 Å². The van der Waals surface area contributed by atoms with Gasteiger partial charge in [0.2, 0.25) is 0 Å². The first-order valence-corrected chi connectivity index (χ1v) is 5.46. The van der Waals surface area contributed by atoms with Gasteiger partial charge in [-0.3, -0.25) is 0 Å². The summed E-state index contributed by atoms with van der Waals surface area (Å²) in [5.74, 6) is 0. The highest BCUT2D eigenvalue weighted by atomic mass is 35.5. The number of benzene rings is 1. The van der Waals surface area contributed by atoms with E-state index in [-0.39, 0.29) is 6.04 Å². The lowest BCUT2D eigenvalue weighted by Gasteiger charge is -2.13. The van der Waals surface area contributed by atoms with E-state index in [9.17, 15) is 0 Å². The molecule has 0 aliphatic rings. The van der Waals surface area contributed by atoms with Crippen LogP contribution in [0.2, 0.25) is 5.02 Å². The van der Waals surface area contributed by atoms with Crippen LogP contribution >= 0.6 is 11.6 Å². The van der Waals surface area contributed by atoms with Gasteiger partial charge in [0.15, 0.2) is 0 Å². The van der Waals surface area contributed by atoms with Crippen LogP contribution in [0, 0.1) is 13.8 Å². The van der Waals surface area contributed by atoms with E-state index in [0.717, 1.165) is 29.0 Å². The van der Waals surface area contributed by atoms with Gasteiger partial charge in [-0.2, -0.15) is 0 Å². The average molecular weight is 212 g/mol. The highest BCUT2D eigenvalue weighted by Crippen LogP contribution is 2.25. The minimum Gasteiger partial charge on any atom is -0.324 e. The highest BCUT2D eigenvalue weighted by Gasteiger charge is 2.08. The molecule has 0 bridgehead atoms. The minimum atomic E-state index is 0.148. The van der Waals surface area contributed by atoms with Crippen molar-refractivity contribution in [3.63, 3.8) is 0 Å². The van der Waals surface area contributed by atoms with E-state index in [1.165, 1.54) is 5.56 Å². The maximum Gasteiger partial charge on any atom is 0.0464 e. The molecule has 1 atom stereocenters. The van der Waals surface area contributed by atoms with Crippen molar-refractivity contribution in [3.8, 4) is 0 Å². The van der Waals surface area contributed by atoms with E-state index in [0.29, 0.717) is 0 Å². The molecule has 0 aliphatic carbocycles. The quantitative estimate of drug-likeness (QED) is 0.810. The number of aryl methyl sites for hydroxylation is 2. The Kier molecular flexibility index (Phi) is 3.97. The summed E-state index contributed by atoms with van der Waals surface area (Å²) in [7, 11) is 0. The van der Waals surface area contributed by atoms with Crippen LogP contribution in [0.5, 0.6) is 0 Å². The van der Waals surface area contributed by atoms with Gasteiger partial charge in [0.05, 0.1) is 0 Å². The zero-order valence-electron chi connectivity index (χ0n) is 9.10. The van der Waals surface area contributed by atoms with E-state index in [1.807, 2.05) is 13.8 Å². The summed E-state index contributed by atoms with van der Waals surface area (Å²) in [5.41, 5.74) is 9.49. The molecule has 0 saturated carbocycles. The van der Waals surface area contributed by atoms with Crippen LogP contribution < -0.4 is 5.73 Å². The molecule has 2 N–H and O–H groups in total. The van der Waals surface area contributed by atoms with Gasteiger partial charge in [-0.1, -0.05) is 37.1 Å². The number of rotatable bonds is 3. The molecule has 0 saturated heterocycles. The summed E-state index contributed by atoms with van der Waals surface area (Å²) in [6.07, 6.45) is 2.14. The number of halogens is 1. The molecule has 2 heteroatoms. The van der Waals surface area contributed by atoms with Gasteiger partial charge in [-0.25, -0.2) is 0 Å². The van der Waals surface area contributed by atoms with E-state index in [1.54, 1.807) is 0 Å². The van der Waals surface area contributed by atoms with Crippen molar-refractivity contribution >= 4 is 11.6 Å². The Balaban J connectivity index is 3.00. The van der Waals surface area contributed by atoms with Crippen molar-refractivity contribution in [2.45, 2.75) is 39.7 Å². The summed E-state index contributed by atoms with van der Waals surface area (Å²) in [6.45, 7) is 6.20. The first kappa shape index (κ1) is 11.5. The fourth-order valence-electron chi connectivity index (χ4n) is 1.67. The van der Waals surface area contributed by atoms with Gasteiger partial charge in [0, 0.05) is 11.1 Å². The Labute approximate surface area is 91.3 Å². The van der Waals surface area contributed by atoms with Crippen molar-refractivity contribution < 1.29 is 0 Å². The van der Waals surface area contributed by atoms with Crippen LogP contribution in [0.1, 0.15) is 42.5 Å². The van der Waals surface area contributed by atoms with Crippen molar-refractivity contribution in [1.29, 1.82) is 0 Å². The third-order valence-corrected chi connectivity index (χ3v) is 3.08. The molecular formula is C12H18ClN. The first-order chi connectivity index (χ1) is 6.56. The molecule has 0 fully saturated rings. The molecule has 0 aromatic heterocycles. The van der Waals surface area contributed by atoms with Crippen LogP contribution in [0.25, 0.3) is 0 Å². The van der Waals surface area contributed by atoms with Crippen LogP contribution in [0.4, 0.5) is 0 Å². The maximum absolute atomic E-state index is 6.09. The molecule has 1 aromatic rings. The standard InChI is InChI=1S/C12H18ClN/c1-4-5-11(14)10-6-8(2)12(13)9(3)7-10/h6-7,11H,4-5,14H2,1-3H3/t11-/m1/s1. The summed E-state index contributed by atoms with van der Waals surface area (Å²) in [5, 5.41) is 0.859. The minimum absolute atomic E-state index is 0.148. The fraction of sp³-hybridized carbons (Fsp3) is 0.500. The zero-order valence-corrected chi connectivity index (χ0v) is 9.86. The largest absolute Gasteiger partial charge is 0.324 e. The second-order valence-corrected chi connectivity index (χ2v) is 4.24. The van der Waals surface area contributed by atoms with Gasteiger partial charge in [0.1, 0.15) is 0 Å². The summed E-state index contributed by atoms with van der Waals surface area (Å²) < 4.78 is 0. The molecular weight excluding hydrogens is 194 g/mol. The third-order valence-electron chi connectivity index (χ3n) is 2.49. The van der Waals surface area contributed by atoms with Gasteiger partial charge in [-0.05, 0) is 37.0 Å². The predicted molar refractivity (Wildman–Crippen MR) is 62.8 cm³/mol. The van der Waals surface area contributed by atoms with Gasteiger partial charge >= 0.3 is 0 Å². The SMILES string of the molecule is CCC[C@@H](N)c1cc(C)c(Cl)c(C)c1. The summed E-state index contributed by atoms with van der Waals surface area (Å²) in [6, 6.07) is 4.33. The second-order valence-electron chi connectivity index (χ2n) is 3.86. The highest BCUT2D eigenvalue weighted by molar-refractivity contribution is 6.32. The molecule has 0 aliphatic heterocycles. The number of hydrogen-bond acceptors (Lipinski definition) is 1. The first-order valence-electron chi connectivity index (χ1n) is 5.08. The molecule has 14 heavy (non-hydrogen) atoms. The van der Waals surface area contributed by atoms with Crippen LogP contribution in [-0.4, -0.2) is 0 Å². The molecule has 0 radical (unpaired) electrons. The molecule has 1 nitrogen and oxygen atoms in total. The summed E-state index contributed by atoms with van der Waals surface area (Å²) >= 11 is 6.09. The number of hydrogen-bond donors (Lipinski definition) is 1. The van der Waals surface area contributed by atoms with Gasteiger partial charge in [-0.15, -0.1) is 0 Å². The lowest BCUT2D eigenvalue weighted by Crippen LogP contribution is -2.10. The fourth-order valence-corrected chi connectivity index (χ4v) is 1.78. The van der Waals surface area contributed by atoms with Crippen LogP contribution in [0.3, 0.4) is 0 Å². The average Bonchev–Trinajstić information content (AvgIpc) is 2.13. The van der Waals surface area contributed by atoms with E-state index in [4.69, 9.17) is 17.3 Å². The van der Waals surface area contributed by atoms with Crippen molar-refractivity contribution in [2.24, 2.45) is 5.73 Å². The molecule has 1 aromatic carbocycles. The molecule has 0 heterocycles. The zero-order chi connectivity index (χ0) is 10.7. The van der Waals surface area contributed by atoms with Gasteiger partial charge < -0.3 is 5.73 Å². The summed E-state index contributed by atoms with van der Waals surface area (Å²) in [4.78, 5) is 0. The second kappa shape index (κ2) is 4.81. The number of nitrogens with two attached hydrogens (primary N) is 1. The normalized spacial score (nSPS) is 12.9. The van der Waals surface area contributed by atoms with Crippen molar-refractivity contribution in [3.05, 3.63) is 33.8 Å². The van der Waals surface area contributed by atoms with Crippen molar-refractivity contribution in [1.82, 2.24) is 0 Å². The lowest BCUT2D eigenvalue weighted by atomic mass is 9.99. The Bertz CT molecular complexity index is 297. The molecule has 0 amide bonds. The smallest absolute Gasteiger partial charge is 0.0464 e. The van der Waals surface area contributed by atoms with Gasteiger partial charge in [0.25, 0.3) is 0 Å². The predicted octanol–water partition coefficient (Wildman–Crippen LogP) is 3.76. The Morgan fingerprint density at radius 2 is 1.79 bits per heavy atom. The Morgan fingerprint density at radius 1 is 1.29 bits per heavy atom. The molecule has 1 rings (SSSR count). The van der Waals surface area contributed by atoms with E-state index >= 15 is 0 Å². The van der Waals surface area contributed by atoms with E-state index in [2.05, 4.69) is 19.1 Å². The third kappa shape index (κ3) is 2.49. The maximum atomic E-state index is 6.09. The molecule has 0 spiro atoms. The molecule has 0 unspecified atom stereocenters. The monoisotopic (exact) mass is 211 g/mol. The lowest BCUT2D eigenvalue weighted by molar-refractivity contribution is 0.637.